The van der Waals surface area contributed by atoms with Crippen LogP contribution < -0.4 is 4.74 Å². The number of rotatable bonds is 2. The molecule has 0 unspecified atom stereocenters. The van der Waals surface area contributed by atoms with Crippen molar-refractivity contribution in [2.24, 2.45) is 0 Å². The van der Waals surface area contributed by atoms with Gasteiger partial charge in [0, 0.05) is 36.4 Å². The highest BCUT2D eigenvalue weighted by atomic mass is 16.5. The fourth-order valence-corrected chi connectivity index (χ4v) is 1.62. The van der Waals surface area contributed by atoms with Crippen LogP contribution in [0.3, 0.4) is 0 Å². The zero-order chi connectivity index (χ0) is 11.7. The molecule has 0 aliphatic heterocycles. The van der Waals surface area contributed by atoms with Crippen LogP contribution in [0.2, 0.25) is 0 Å². The summed E-state index contributed by atoms with van der Waals surface area (Å²) in [6.45, 7) is 0. The Balaban J connectivity index is 2.07. The van der Waals surface area contributed by atoms with Crippen molar-refractivity contribution in [3.63, 3.8) is 0 Å². The average Bonchev–Trinajstić information content (AvgIpc) is 2.82. The third kappa shape index (κ3) is 1.71. The van der Waals surface area contributed by atoms with E-state index >= 15 is 0 Å². The van der Waals surface area contributed by atoms with Crippen molar-refractivity contribution in [2.45, 2.75) is 0 Å². The number of methoxy groups -OCH3 is 1. The largest absolute Gasteiger partial charge is 0.481 e. The molecular formula is C12H10N4O. The second-order valence-corrected chi connectivity index (χ2v) is 3.54. The van der Waals surface area contributed by atoms with Crippen molar-refractivity contribution >= 4 is 5.78 Å². The van der Waals surface area contributed by atoms with Gasteiger partial charge < -0.3 is 4.74 Å². The minimum atomic E-state index is 0.593. The van der Waals surface area contributed by atoms with Gasteiger partial charge in [0.05, 0.1) is 12.8 Å². The summed E-state index contributed by atoms with van der Waals surface area (Å²) in [7, 11) is 1.59. The lowest BCUT2D eigenvalue weighted by atomic mass is 10.2. The highest BCUT2D eigenvalue weighted by molar-refractivity contribution is 5.60. The fraction of sp³-hybridized carbons (Fsp3) is 0.0833. The molecule has 3 rings (SSSR count). The van der Waals surface area contributed by atoms with Crippen LogP contribution in [0.4, 0.5) is 0 Å². The van der Waals surface area contributed by atoms with Crippen LogP contribution >= 0.6 is 0 Å². The molecule has 17 heavy (non-hydrogen) atoms. The van der Waals surface area contributed by atoms with Gasteiger partial charge in [0.1, 0.15) is 0 Å². The summed E-state index contributed by atoms with van der Waals surface area (Å²) in [6, 6.07) is 5.60. The van der Waals surface area contributed by atoms with Gasteiger partial charge in [0.2, 0.25) is 11.7 Å². The number of aromatic nitrogens is 4. The maximum absolute atomic E-state index is 5.01. The van der Waals surface area contributed by atoms with Gasteiger partial charge in [0.25, 0.3) is 0 Å². The van der Waals surface area contributed by atoms with Gasteiger partial charge in [0.15, 0.2) is 0 Å². The van der Waals surface area contributed by atoms with Crippen molar-refractivity contribution in [1.82, 2.24) is 19.4 Å². The Morgan fingerprint density at radius 3 is 2.88 bits per heavy atom. The predicted octanol–water partition coefficient (Wildman–Crippen LogP) is 1.80. The zero-order valence-electron chi connectivity index (χ0n) is 9.24. The second-order valence-electron chi connectivity index (χ2n) is 3.54. The Morgan fingerprint density at radius 1 is 1.24 bits per heavy atom. The molecule has 0 aromatic carbocycles. The number of nitrogens with zero attached hydrogens (tertiary/aromatic N) is 4. The molecule has 0 amide bonds. The molecule has 3 aromatic heterocycles. The topological polar surface area (TPSA) is 52.3 Å². The van der Waals surface area contributed by atoms with E-state index in [0.717, 1.165) is 11.3 Å². The lowest BCUT2D eigenvalue weighted by Crippen LogP contribution is -1.87. The summed E-state index contributed by atoms with van der Waals surface area (Å²) < 4.78 is 6.89. The summed E-state index contributed by atoms with van der Waals surface area (Å²) in [6.07, 6.45) is 7.29. The van der Waals surface area contributed by atoms with Gasteiger partial charge in [-0.05, 0) is 12.1 Å². The van der Waals surface area contributed by atoms with E-state index in [1.165, 1.54) is 0 Å². The van der Waals surface area contributed by atoms with E-state index in [4.69, 9.17) is 4.74 Å². The summed E-state index contributed by atoms with van der Waals surface area (Å²) in [5.74, 6) is 1.27. The minimum Gasteiger partial charge on any atom is -0.481 e. The molecule has 0 spiro atoms. The lowest BCUT2D eigenvalue weighted by molar-refractivity contribution is 0.398. The third-order valence-electron chi connectivity index (χ3n) is 2.48. The van der Waals surface area contributed by atoms with Crippen LogP contribution in [0.5, 0.6) is 5.88 Å². The number of hydrogen-bond donors (Lipinski definition) is 0. The lowest BCUT2D eigenvalue weighted by Gasteiger charge is -1.98. The van der Waals surface area contributed by atoms with Crippen LogP contribution in [0.25, 0.3) is 17.0 Å². The van der Waals surface area contributed by atoms with E-state index in [1.807, 2.05) is 35.0 Å². The number of imidazole rings is 1. The Hall–Kier alpha value is -2.43. The van der Waals surface area contributed by atoms with Gasteiger partial charge >= 0.3 is 0 Å². The van der Waals surface area contributed by atoms with E-state index in [0.29, 0.717) is 11.7 Å². The second kappa shape index (κ2) is 3.86. The highest BCUT2D eigenvalue weighted by Crippen LogP contribution is 2.19. The molecule has 0 bridgehead atoms. The molecule has 3 heterocycles. The molecule has 0 N–H and O–H groups in total. The SMILES string of the molecule is COc1ccc(-c2cn3cccnc3n2)cn1. The Labute approximate surface area is 97.7 Å². The summed E-state index contributed by atoms with van der Waals surface area (Å²) in [5.41, 5.74) is 1.79. The molecule has 0 saturated carbocycles. The molecule has 0 fully saturated rings. The molecular weight excluding hydrogens is 216 g/mol. The molecule has 0 atom stereocenters. The van der Waals surface area contributed by atoms with Gasteiger partial charge in [-0.1, -0.05) is 0 Å². The third-order valence-corrected chi connectivity index (χ3v) is 2.48. The normalized spacial score (nSPS) is 10.6. The van der Waals surface area contributed by atoms with Gasteiger partial charge in [-0.15, -0.1) is 0 Å². The van der Waals surface area contributed by atoms with Crippen molar-refractivity contribution in [3.8, 4) is 17.1 Å². The number of hydrogen-bond acceptors (Lipinski definition) is 4. The van der Waals surface area contributed by atoms with Crippen LogP contribution in [-0.4, -0.2) is 26.5 Å². The first-order chi connectivity index (χ1) is 8.36. The molecule has 0 aliphatic rings. The zero-order valence-corrected chi connectivity index (χ0v) is 9.24. The van der Waals surface area contributed by atoms with Gasteiger partial charge in [-0.2, -0.15) is 0 Å². The van der Waals surface area contributed by atoms with E-state index in [1.54, 1.807) is 19.5 Å². The first-order valence-corrected chi connectivity index (χ1v) is 5.17. The Morgan fingerprint density at radius 2 is 2.18 bits per heavy atom. The maximum atomic E-state index is 5.01. The molecule has 84 valence electrons. The van der Waals surface area contributed by atoms with Crippen molar-refractivity contribution in [2.75, 3.05) is 7.11 Å². The fourth-order valence-electron chi connectivity index (χ4n) is 1.62. The van der Waals surface area contributed by atoms with Crippen LogP contribution in [0, 0.1) is 0 Å². The molecule has 3 aromatic rings. The van der Waals surface area contributed by atoms with Crippen LogP contribution in [0.1, 0.15) is 0 Å². The Kier molecular flexibility index (Phi) is 2.22. The molecule has 0 aliphatic carbocycles. The average molecular weight is 226 g/mol. The van der Waals surface area contributed by atoms with Crippen molar-refractivity contribution < 1.29 is 4.74 Å². The van der Waals surface area contributed by atoms with Crippen LogP contribution in [0.15, 0.2) is 43.0 Å². The summed E-state index contributed by atoms with van der Waals surface area (Å²) in [5, 5.41) is 0. The van der Waals surface area contributed by atoms with Crippen molar-refractivity contribution in [3.05, 3.63) is 43.0 Å². The standard InChI is InChI=1S/C12H10N4O/c1-17-11-4-3-9(7-14-11)10-8-16-6-2-5-13-12(16)15-10/h2-8H,1H3. The Bertz CT molecular complexity index is 612. The first kappa shape index (κ1) is 9.77. The minimum absolute atomic E-state index is 0.593. The van der Waals surface area contributed by atoms with Gasteiger partial charge in [-0.3, -0.25) is 4.40 Å². The number of pyridine rings is 1. The predicted molar refractivity (Wildman–Crippen MR) is 62.8 cm³/mol. The van der Waals surface area contributed by atoms with Crippen LogP contribution in [-0.2, 0) is 0 Å². The summed E-state index contributed by atoms with van der Waals surface area (Å²) in [4.78, 5) is 12.7. The maximum Gasteiger partial charge on any atom is 0.234 e. The monoisotopic (exact) mass is 226 g/mol. The number of fused-ring (bicyclic) bond motifs is 1. The van der Waals surface area contributed by atoms with E-state index < -0.39 is 0 Å². The quantitative estimate of drug-likeness (QED) is 0.668. The number of ether oxygens (including phenoxy) is 1. The molecule has 5 nitrogen and oxygen atoms in total. The molecule has 0 radical (unpaired) electrons. The van der Waals surface area contributed by atoms with E-state index in [9.17, 15) is 0 Å². The molecule has 0 saturated heterocycles. The smallest absolute Gasteiger partial charge is 0.234 e. The van der Waals surface area contributed by atoms with Gasteiger partial charge in [-0.25, -0.2) is 15.0 Å². The first-order valence-electron chi connectivity index (χ1n) is 5.17. The van der Waals surface area contributed by atoms with Crippen molar-refractivity contribution in [1.29, 1.82) is 0 Å². The molecule has 5 heteroatoms. The van der Waals surface area contributed by atoms with E-state index in [2.05, 4.69) is 15.0 Å². The van der Waals surface area contributed by atoms with E-state index in [-0.39, 0.29) is 0 Å². The summed E-state index contributed by atoms with van der Waals surface area (Å²) >= 11 is 0. The highest BCUT2D eigenvalue weighted by Gasteiger charge is 2.05.